The van der Waals surface area contributed by atoms with Gasteiger partial charge in [0.25, 0.3) is 0 Å². The van der Waals surface area contributed by atoms with E-state index in [4.69, 9.17) is 10.5 Å². The van der Waals surface area contributed by atoms with Crippen LogP contribution in [0.15, 0.2) is 51.9 Å². The van der Waals surface area contributed by atoms with Crippen molar-refractivity contribution in [1.82, 2.24) is 4.98 Å². The zero-order valence-electron chi connectivity index (χ0n) is 18.6. The number of allylic oxidation sites excluding steroid dienone is 2. The van der Waals surface area contributed by atoms with Gasteiger partial charge >= 0.3 is 5.97 Å². The number of aromatic nitrogens is 1. The number of benzene rings is 2. The first kappa shape index (κ1) is 25.9. The molecule has 1 fully saturated rings. The predicted octanol–water partition coefficient (Wildman–Crippen LogP) is 6.14. The molecule has 6 nitrogen and oxygen atoms in total. The number of thiazole rings is 1. The van der Waals surface area contributed by atoms with Crippen molar-refractivity contribution in [2.45, 2.75) is 30.6 Å². The maximum atomic E-state index is 14.4. The van der Waals surface area contributed by atoms with Crippen molar-refractivity contribution in [3.05, 3.63) is 87.1 Å². The van der Waals surface area contributed by atoms with Crippen LogP contribution in [0.1, 0.15) is 40.9 Å². The number of carboxylic acid groups (broad SMARTS) is 1. The Labute approximate surface area is 211 Å². The van der Waals surface area contributed by atoms with Crippen molar-refractivity contribution < 1.29 is 27.5 Å². The predicted molar refractivity (Wildman–Crippen MR) is 130 cm³/mol. The van der Waals surface area contributed by atoms with Gasteiger partial charge in [-0.15, -0.1) is 11.3 Å². The summed E-state index contributed by atoms with van der Waals surface area (Å²) in [7, 11) is 0. The van der Waals surface area contributed by atoms with Crippen LogP contribution in [0.4, 0.5) is 22.7 Å². The summed E-state index contributed by atoms with van der Waals surface area (Å²) in [5, 5.41) is 28.1. The number of carbonyl (C=O) groups is 1. The Balaban J connectivity index is 1.81. The summed E-state index contributed by atoms with van der Waals surface area (Å²) < 4.78 is 56.0. The second kappa shape index (κ2) is 10.8. The second-order valence-electron chi connectivity index (χ2n) is 8.26. The van der Waals surface area contributed by atoms with Gasteiger partial charge in [0, 0.05) is 28.6 Å². The van der Waals surface area contributed by atoms with Crippen LogP contribution in [-0.2, 0) is 6.42 Å². The lowest BCUT2D eigenvalue weighted by molar-refractivity contribution is 0.0691. The topological polar surface area (TPSA) is 112 Å². The van der Waals surface area contributed by atoms with Crippen molar-refractivity contribution >= 4 is 40.1 Å². The van der Waals surface area contributed by atoms with E-state index >= 15 is 0 Å². The largest absolute Gasteiger partial charge is 0.476 e. The van der Waals surface area contributed by atoms with E-state index in [0.717, 1.165) is 48.3 Å². The molecule has 1 aromatic heterocycles. The molecule has 0 unspecified atom stereocenters. The number of nitrogens with one attached hydrogen (secondary N) is 2. The van der Waals surface area contributed by atoms with Crippen molar-refractivity contribution in [2.24, 2.45) is 11.1 Å². The molecule has 0 amide bonds. The van der Waals surface area contributed by atoms with Gasteiger partial charge in [0.15, 0.2) is 28.3 Å². The fraction of sp³-hybridized carbons (Fsp3) is 0.208. The average molecular weight is 537 g/mol. The summed E-state index contributed by atoms with van der Waals surface area (Å²) in [6, 6.07) is 5.83. The third-order valence-corrected chi connectivity index (χ3v) is 6.96. The van der Waals surface area contributed by atoms with Gasteiger partial charge in [-0.3, -0.25) is 10.5 Å². The molecule has 1 aliphatic rings. The number of nitrogens with two attached hydrogens (primary N) is 1. The molecule has 0 aliphatic heterocycles. The Morgan fingerprint density at radius 1 is 1.17 bits per heavy atom. The molecule has 0 radical (unpaired) electrons. The third kappa shape index (κ3) is 5.94. The minimum absolute atomic E-state index is 0.00188. The molecule has 0 bridgehead atoms. The average Bonchev–Trinajstić information content (AvgIpc) is 3.53. The van der Waals surface area contributed by atoms with Crippen LogP contribution >= 0.6 is 23.3 Å². The molecule has 4 rings (SSSR count). The van der Waals surface area contributed by atoms with Gasteiger partial charge in [0.05, 0.1) is 10.6 Å². The number of aromatic carboxylic acids is 1. The van der Waals surface area contributed by atoms with Crippen LogP contribution in [0.5, 0.6) is 0 Å². The zero-order chi connectivity index (χ0) is 26.0. The lowest BCUT2D eigenvalue weighted by atomic mass is 9.92. The maximum Gasteiger partial charge on any atom is 0.355 e. The molecule has 188 valence electrons. The molecule has 0 saturated heterocycles. The molecular weight excluding hydrogens is 516 g/mol. The summed E-state index contributed by atoms with van der Waals surface area (Å²) >= 11 is 1.79. The van der Waals surface area contributed by atoms with E-state index in [1.807, 2.05) is 0 Å². The quantitative estimate of drug-likeness (QED) is 0.107. The van der Waals surface area contributed by atoms with Crippen LogP contribution in [-0.4, -0.2) is 21.8 Å². The summed E-state index contributed by atoms with van der Waals surface area (Å²) in [4.78, 5) is 15.5. The van der Waals surface area contributed by atoms with Crippen molar-refractivity contribution in [3.63, 3.8) is 0 Å². The highest BCUT2D eigenvalue weighted by Crippen LogP contribution is 2.38. The van der Waals surface area contributed by atoms with Gasteiger partial charge in [-0.05, 0) is 67.0 Å². The lowest BCUT2D eigenvalue weighted by Crippen LogP contribution is -2.16. The van der Waals surface area contributed by atoms with E-state index in [9.17, 15) is 27.5 Å². The highest BCUT2D eigenvalue weighted by molar-refractivity contribution is 7.97. The molecule has 1 heterocycles. The SMILES string of the molecule is N=C(/C(Cc1ccc(SN)c(F)c1)=C(/CC1CC1)Nc1nc(C(=O)O)cs1)c1cc(F)c(F)c(F)c1. The Morgan fingerprint density at radius 3 is 2.42 bits per heavy atom. The number of carboxylic acids is 1. The summed E-state index contributed by atoms with van der Waals surface area (Å²) in [6.45, 7) is 0. The smallest absolute Gasteiger partial charge is 0.355 e. The molecular formula is C24H20F4N4O2S2. The van der Waals surface area contributed by atoms with Gasteiger partial charge in [-0.2, -0.15) is 0 Å². The van der Waals surface area contributed by atoms with E-state index in [0.29, 0.717) is 17.7 Å². The van der Waals surface area contributed by atoms with Crippen molar-refractivity contribution in [2.75, 3.05) is 5.32 Å². The normalized spacial score (nSPS) is 13.9. The number of rotatable bonds is 10. The van der Waals surface area contributed by atoms with E-state index < -0.39 is 29.2 Å². The number of hydrogen-bond donors (Lipinski definition) is 4. The maximum absolute atomic E-state index is 14.4. The third-order valence-electron chi connectivity index (χ3n) is 5.61. The van der Waals surface area contributed by atoms with Crippen LogP contribution in [0.3, 0.4) is 0 Å². The van der Waals surface area contributed by atoms with Gasteiger partial charge in [0.1, 0.15) is 5.82 Å². The van der Waals surface area contributed by atoms with Crippen LogP contribution in [0, 0.1) is 34.6 Å². The van der Waals surface area contributed by atoms with Crippen molar-refractivity contribution in [3.8, 4) is 0 Å². The molecule has 1 aliphatic carbocycles. The summed E-state index contributed by atoms with van der Waals surface area (Å²) in [5.74, 6) is -6.00. The molecule has 0 atom stereocenters. The minimum atomic E-state index is -1.64. The molecule has 36 heavy (non-hydrogen) atoms. The number of nitrogens with zero attached hydrogens (tertiary/aromatic N) is 1. The van der Waals surface area contributed by atoms with E-state index in [1.54, 1.807) is 6.07 Å². The first-order valence-electron chi connectivity index (χ1n) is 10.7. The van der Waals surface area contributed by atoms with Crippen LogP contribution in [0.25, 0.3) is 0 Å². The first-order valence-corrected chi connectivity index (χ1v) is 12.5. The number of halogens is 4. The Morgan fingerprint density at radius 2 is 1.86 bits per heavy atom. The van der Waals surface area contributed by atoms with E-state index in [-0.39, 0.29) is 44.9 Å². The standard InChI is InChI=1S/C24H20F4N4O2S2/c25-15-6-12(3-4-20(15)36-30)5-14(22(29)13-8-16(26)21(28)17(27)9-13)18(7-11-1-2-11)31-24-32-19(10-35-24)23(33)34/h3-4,6,8-11,29H,1-2,5,7,30H2,(H,31,32)(H,33,34)/b18-14-,29-22?. The van der Waals surface area contributed by atoms with Gasteiger partial charge in [-0.1, -0.05) is 6.07 Å². The van der Waals surface area contributed by atoms with Gasteiger partial charge in [0.2, 0.25) is 0 Å². The summed E-state index contributed by atoms with van der Waals surface area (Å²) in [6.07, 6.45) is 2.31. The lowest BCUT2D eigenvalue weighted by Gasteiger charge is -2.18. The summed E-state index contributed by atoms with van der Waals surface area (Å²) in [5.41, 5.74) is 0.585. The Hall–Kier alpha value is -3.22. The highest BCUT2D eigenvalue weighted by atomic mass is 32.2. The second-order valence-corrected chi connectivity index (χ2v) is 9.79. The van der Waals surface area contributed by atoms with Gasteiger partial charge in [-0.25, -0.2) is 27.3 Å². The van der Waals surface area contributed by atoms with E-state index in [1.165, 1.54) is 17.5 Å². The molecule has 5 N–H and O–H groups in total. The highest BCUT2D eigenvalue weighted by Gasteiger charge is 2.27. The molecule has 0 spiro atoms. The molecule has 2 aromatic carbocycles. The Bertz CT molecular complexity index is 1350. The Kier molecular flexibility index (Phi) is 7.76. The van der Waals surface area contributed by atoms with E-state index in [2.05, 4.69) is 10.3 Å². The zero-order valence-corrected chi connectivity index (χ0v) is 20.2. The minimum Gasteiger partial charge on any atom is -0.476 e. The molecule has 3 aromatic rings. The fourth-order valence-corrected chi connectivity index (χ4v) is 4.62. The van der Waals surface area contributed by atoms with Crippen molar-refractivity contribution in [1.29, 1.82) is 5.41 Å². The van der Waals surface area contributed by atoms with Crippen LogP contribution in [0.2, 0.25) is 0 Å². The van der Waals surface area contributed by atoms with Gasteiger partial charge < -0.3 is 10.4 Å². The first-order chi connectivity index (χ1) is 17.2. The number of hydrogen-bond acceptors (Lipinski definition) is 7. The fourth-order valence-electron chi connectivity index (χ4n) is 3.59. The molecule has 12 heteroatoms. The molecule has 1 saturated carbocycles. The van der Waals surface area contributed by atoms with Crippen LogP contribution < -0.4 is 10.5 Å². The number of anilines is 1. The monoisotopic (exact) mass is 536 g/mol.